The fourth-order valence-electron chi connectivity index (χ4n) is 2.73. The van der Waals surface area contributed by atoms with Crippen molar-refractivity contribution < 1.29 is 24.2 Å². The van der Waals surface area contributed by atoms with Crippen LogP contribution in [0.1, 0.15) is 31.2 Å². The van der Waals surface area contributed by atoms with Crippen LogP contribution >= 0.6 is 11.8 Å². The molecular weight excluding hydrogens is 330 g/mol. The predicted molar refractivity (Wildman–Crippen MR) is 92.5 cm³/mol. The van der Waals surface area contributed by atoms with Gasteiger partial charge in [-0.15, -0.1) is 11.8 Å². The van der Waals surface area contributed by atoms with Crippen LogP contribution in [0.3, 0.4) is 0 Å². The molecule has 132 valence electrons. The molecule has 0 spiro atoms. The largest absolute Gasteiger partial charge is 0.497 e. The third-order valence-corrected chi connectivity index (χ3v) is 5.16. The molecule has 1 N–H and O–H groups in total. The van der Waals surface area contributed by atoms with Crippen molar-refractivity contribution in [2.45, 2.75) is 31.7 Å². The number of methoxy groups -OCH3 is 2. The summed E-state index contributed by atoms with van der Waals surface area (Å²) < 4.78 is 10.7. The minimum atomic E-state index is -0.982. The van der Waals surface area contributed by atoms with Crippen LogP contribution in [-0.2, 0) is 9.59 Å². The van der Waals surface area contributed by atoms with E-state index < -0.39 is 17.4 Å². The van der Waals surface area contributed by atoms with Gasteiger partial charge in [0.1, 0.15) is 22.9 Å². The van der Waals surface area contributed by atoms with Gasteiger partial charge in [-0.2, -0.15) is 0 Å². The Bertz CT molecular complexity index is 619. The molecule has 6 nitrogen and oxygen atoms in total. The second-order valence-corrected chi connectivity index (χ2v) is 7.16. The lowest BCUT2D eigenvalue weighted by molar-refractivity contribution is -0.149. The number of nitrogens with zero attached hydrogens (tertiary/aromatic N) is 1. The number of amides is 1. The maximum Gasteiger partial charge on any atom is 0.327 e. The van der Waals surface area contributed by atoms with E-state index in [1.54, 1.807) is 32.4 Å². The molecule has 1 amide bonds. The van der Waals surface area contributed by atoms with E-state index in [-0.39, 0.29) is 11.8 Å². The molecule has 0 bridgehead atoms. The van der Waals surface area contributed by atoms with E-state index in [1.807, 2.05) is 13.8 Å². The Morgan fingerprint density at radius 3 is 2.58 bits per heavy atom. The van der Waals surface area contributed by atoms with E-state index in [0.717, 1.165) is 5.56 Å². The summed E-state index contributed by atoms with van der Waals surface area (Å²) in [7, 11) is 3.12. The molecule has 24 heavy (non-hydrogen) atoms. The molecule has 2 atom stereocenters. The van der Waals surface area contributed by atoms with E-state index in [1.165, 1.54) is 16.7 Å². The van der Waals surface area contributed by atoms with Crippen LogP contribution in [0.5, 0.6) is 11.5 Å². The van der Waals surface area contributed by atoms with Gasteiger partial charge < -0.3 is 19.5 Å². The van der Waals surface area contributed by atoms with Crippen LogP contribution < -0.4 is 9.47 Å². The monoisotopic (exact) mass is 353 g/mol. The van der Waals surface area contributed by atoms with E-state index >= 15 is 0 Å². The van der Waals surface area contributed by atoms with Crippen molar-refractivity contribution in [2.24, 2.45) is 5.92 Å². The van der Waals surface area contributed by atoms with Gasteiger partial charge in [-0.05, 0) is 24.1 Å². The molecule has 2 rings (SSSR count). The Morgan fingerprint density at radius 1 is 1.33 bits per heavy atom. The van der Waals surface area contributed by atoms with Gasteiger partial charge in [-0.25, -0.2) is 4.79 Å². The Morgan fingerprint density at radius 2 is 2.04 bits per heavy atom. The number of aliphatic carboxylic acids is 1. The minimum Gasteiger partial charge on any atom is -0.497 e. The first-order valence-electron chi connectivity index (χ1n) is 7.76. The first kappa shape index (κ1) is 18.4. The van der Waals surface area contributed by atoms with Crippen LogP contribution in [0.2, 0.25) is 0 Å². The first-order valence-corrected chi connectivity index (χ1v) is 8.81. The Balaban J connectivity index is 2.43. The molecule has 1 aliphatic heterocycles. The molecule has 0 aliphatic carbocycles. The van der Waals surface area contributed by atoms with Crippen molar-refractivity contribution in [2.75, 3.05) is 20.0 Å². The number of carboxylic acids is 1. The third kappa shape index (κ3) is 3.77. The number of rotatable bonds is 6. The van der Waals surface area contributed by atoms with Gasteiger partial charge in [0, 0.05) is 17.7 Å². The highest BCUT2D eigenvalue weighted by Crippen LogP contribution is 2.46. The van der Waals surface area contributed by atoms with Gasteiger partial charge in [0.25, 0.3) is 0 Å². The molecule has 1 aromatic carbocycles. The molecule has 7 heteroatoms. The van der Waals surface area contributed by atoms with Crippen molar-refractivity contribution in [3.63, 3.8) is 0 Å². The second-order valence-electron chi connectivity index (χ2n) is 6.05. The quantitative estimate of drug-likeness (QED) is 0.847. The fraction of sp³-hybridized carbons (Fsp3) is 0.529. The average Bonchev–Trinajstić information content (AvgIpc) is 2.98. The summed E-state index contributed by atoms with van der Waals surface area (Å²) in [4.78, 5) is 25.8. The predicted octanol–water partition coefficient (Wildman–Crippen LogP) is 2.78. The van der Waals surface area contributed by atoms with Crippen LogP contribution in [-0.4, -0.2) is 47.9 Å². The van der Waals surface area contributed by atoms with Crippen molar-refractivity contribution in [3.8, 4) is 11.5 Å². The molecule has 0 aromatic heterocycles. The van der Waals surface area contributed by atoms with Crippen molar-refractivity contribution in [3.05, 3.63) is 23.8 Å². The smallest absolute Gasteiger partial charge is 0.327 e. The number of thioether (sulfide) groups is 1. The molecule has 0 saturated carbocycles. The maximum absolute atomic E-state index is 12.7. The summed E-state index contributed by atoms with van der Waals surface area (Å²) >= 11 is 1.43. The summed E-state index contributed by atoms with van der Waals surface area (Å²) in [5.74, 6) is 0.624. The lowest BCUT2D eigenvalue weighted by atomic mass is 10.1. The number of ether oxygens (including phenoxy) is 2. The number of hydrogen-bond acceptors (Lipinski definition) is 5. The summed E-state index contributed by atoms with van der Waals surface area (Å²) in [5, 5.41) is 9.09. The SMILES string of the molecule is COc1ccc(OC)c(C2SCC(C(=O)O)N2C(=O)CC(C)C)c1. The summed E-state index contributed by atoms with van der Waals surface area (Å²) in [6.07, 6.45) is 0.313. The summed E-state index contributed by atoms with van der Waals surface area (Å²) in [6, 6.07) is 4.52. The number of carboxylic acid groups (broad SMARTS) is 1. The second kappa shape index (κ2) is 7.79. The molecule has 1 saturated heterocycles. The highest BCUT2D eigenvalue weighted by Gasteiger charge is 2.43. The van der Waals surface area contributed by atoms with Crippen LogP contribution in [0, 0.1) is 5.92 Å². The molecule has 0 radical (unpaired) electrons. The van der Waals surface area contributed by atoms with E-state index in [4.69, 9.17) is 9.47 Å². The van der Waals surface area contributed by atoms with Gasteiger partial charge in [-0.1, -0.05) is 13.8 Å². The van der Waals surface area contributed by atoms with Gasteiger partial charge in [0.2, 0.25) is 5.91 Å². The van der Waals surface area contributed by atoms with Crippen LogP contribution in [0.15, 0.2) is 18.2 Å². The van der Waals surface area contributed by atoms with Crippen LogP contribution in [0.4, 0.5) is 0 Å². The Kier molecular flexibility index (Phi) is 5.99. The number of carbonyl (C=O) groups is 2. The highest BCUT2D eigenvalue weighted by molar-refractivity contribution is 7.99. The zero-order chi connectivity index (χ0) is 17.9. The first-order chi connectivity index (χ1) is 11.4. The van der Waals surface area contributed by atoms with E-state index in [2.05, 4.69) is 0 Å². The normalized spacial score (nSPS) is 20.3. The zero-order valence-corrected chi connectivity index (χ0v) is 15.1. The maximum atomic E-state index is 12.7. The average molecular weight is 353 g/mol. The highest BCUT2D eigenvalue weighted by atomic mass is 32.2. The Labute approximate surface area is 146 Å². The van der Waals surface area contributed by atoms with Crippen molar-refractivity contribution >= 4 is 23.6 Å². The molecule has 1 heterocycles. The number of hydrogen-bond donors (Lipinski definition) is 1. The molecule has 2 unspecified atom stereocenters. The number of carbonyl (C=O) groups excluding carboxylic acids is 1. The van der Waals surface area contributed by atoms with E-state index in [0.29, 0.717) is 23.7 Å². The summed E-state index contributed by atoms with van der Waals surface area (Å²) in [6.45, 7) is 3.88. The molecular formula is C17H23NO5S. The van der Waals surface area contributed by atoms with Gasteiger partial charge >= 0.3 is 5.97 Å². The van der Waals surface area contributed by atoms with E-state index in [9.17, 15) is 14.7 Å². The molecule has 1 aliphatic rings. The standard InChI is InChI=1S/C17H23NO5S/c1-10(2)7-15(19)18-13(17(20)21)9-24-16(18)12-8-11(22-3)5-6-14(12)23-4/h5-6,8,10,13,16H,7,9H2,1-4H3,(H,20,21). The van der Waals surface area contributed by atoms with Crippen LogP contribution in [0.25, 0.3) is 0 Å². The van der Waals surface area contributed by atoms with Crippen molar-refractivity contribution in [1.82, 2.24) is 4.90 Å². The molecule has 1 fully saturated rings. The third-order valence-electron chi connectivity index (χ3n) is 3.86. The van der Waals surface area contributed by atoms with Gasteiger partial charge in [0.15, 0.2) is 0 Å². The lowest BCUT2D eigenvalue weighted by Gasteiger charge is -2.29. The zero-order valence-electron chi connectivity index (χ0n) is 14.3. The number of benzene rings is 1. The summed E-state index contributed by atoms with van der Waals surface area (Å²) in [5.41, 5.74) is 0.753. The lowest BCUT2D eigenvalue weighted by Crippen LogP contribution is -2.43. The van der Waals surface area contributed by atoms with Crippen molar-refractivity contribution in [1.29, 1.82) is 0 Å². The van der Waals surface area contributed by atoms with Gasteiger partial charge in [0.05, 0.1) is 14.2 Å². The topological polar surface area (TPSA) is 76.1 Å². The fourth-order valence-corrected chi connectivity index (χ4v) is 4.18. The van der Waals surface area contributed by atoms with Gasteiger partial charge in [-0.3, -0.25) is 4.79 Å². The minimum absolute atomic E-state index is 0.155. The molecule has 1 aromatic rings. The Hall–Kier alpha value is -1.89.